The summed E-state index contributed by atoms with van der Waals surface area (Å²) in [6.45, 7) is 1.08. The lowest BCUT2D eigenvalue weighted by atomic mass is 10.0. The van der Waals surface area contributed by atoms with Gasteiger partial charge in [0, 0.05) is 31.0 Å². The third-order valence-corrected chi connectivity index (χ3v) is 5.29. The number of likely N-dealkylation sites (tertiary alicyclic amines) is 1. The van der Waals surface area contributed by atoms with Gasteiger partial charge in [-0.3, -0.25) is 10.1 Å². The molecule has 32 heavy (non-hydrogen) atoms. The number of hydrogen-bond acceptors (Lipinski definition) is 5. The standard InChI is InChI=1S/C22H23FN6O3/c1-32-20-18(6-3-10-24-20)21(30)28-12-8-17(9-13-28)29-19(7-11-25-29)27-22(31)26-16-5-2-4-15(23)14-16/h2-7,10-11,14,17H,8-9,12-13H2,1H3,(H2,26,27,31). The fourth-order valence-electron chi connectivity index (χ4n) is 3.75. The zero-order valence-corrected chi connectivity index (χ0v) is 17.5. The summed E-state index contributed by atoms with van der Waals surface area (Å²) in [4.78, 5) is 31.1. The van der Waals surface area contributed by atoms with E-state index in [1.165, 1.54) is 25.3 Å². The highest BCUT2D eigenvalue weighted by atomic mass is 19.1. The van der Waals surface area contributed by atoms with Crippen LogP contribution in [0.4, 0.5) is 20.7 Å². The number of aromatic nitrogens is 3. The Labute approximate surface area is 184 Å². The molecule has 3 heterocycles. The number of hydrogen-bond donors (Lipinski definition) is 2. The number of piperidine rings is 1. The first-order valence-electron chi connectivity index (χ1n) is 10.2. The van der Waals surface area contributed by atoms with Gasteiger partial charge in [0.2, 0.25) is 5.88 Å². The van der Waals surface area contributed by atoms with Crippen molar-refractivity contribution in [3.63, 3.8) is 0 Å². The van der Waals surface area contributed by atoms with Crippen molar-refractivity contribution in [2.24, 2.45) is 0 Å². The van der Waals surface area contributed by atoms with E-state index in [4.69, 9.17) is 4.74 Å². The van der Waals surface area contributed by atoms with E-state index in [9.17, 15) is 14.0 Å². The summed E-state index contributed by atoms with van der Waals surface area (Å²) in [7, 11) is 1.49. The van der Waals surface area contributed by atoms with Crippen LogP contribution >= 0.6 is 0 Å². The Hall–Kier alpha value is -3.95. The molecule has 10 heteroatoms. The minimum atomic E-state index is -0.492. The van der Waals surface area contributed by atoms with E-state index in [-0.39, 0.29) is 11.9 Å². The number of carbonyl (C=O) groups is 2. The largest absolute Gasteiger partial charge is 0.480 e. The lowest BCUT2D eigenvalue weighted by Crippen LogP contribution is -2.39. The van der Waals surface area contributed by atoms with Gasteiger partial charge in [0.1, 0.15) is 17.2 Å². The van der Waals surface area contributed by atoms with Crippen LogP contribution in [0, 0.1) is 5.82 Å². The second kappa shape index (κ2) is 9.46. The molecule has 0 unspecified atom stereocenters. The third-order valence-electron chi connectivity index (χ3n) is 5.29. The molecular weight excluding hydrogens is 415 g/mol. The lowest BCUT2D eigenvalue weighted by Gasteiger charge is -2.33. The van der Waals surface area contributed by atoms with Crippen molar-refractivity contribution in [2.45, 2.75) is 18.9 Å². The lowest BCUT2D eigenvalue weighted by molar-refractivity contribution is 0.0686. The minimum Gasteiger partial charge on any atom is -0.480 e. The summed E-state index contributed by atoms with van der Waals surface area (Å²) < 4.78 is 20.3. The Morgan fingerprint density at radius 3 is 2.66 bits per heavy atom. The van der Waals surface area contributed by atoms with Crippen LogP contribution in [-0.4, -0.2) is 51.8 Å². The van der Waals surface area contributed by atoms with Crippen molar-refractivity contribution >= 4 is 23.4 Å². The highest BCUT2D eigenvalue weighted by Crippen LogP contribution is 2.27. The molecule has 4 rings (SSSR count). The molecule has 0 aliphatic carbocycles. The average molecular weight is 438 g/mol. The highest BCUT2D eigenvalue weighted by Gasteiger charge is 2.28. The predicted octanol–water partition coefficient (Wildman–Crippen LogP) is 3.55. The van der Waals surface area contributed by atoms with Crippen molar-refractivity contribution < 1.29 is 18.7 Å². The molecular formula is C22H23FN6O3. The summed E-state index contributed by atoms with van der Waals surface area (Å²) in [5, 5.41) is 9.70. The molecule has 1 aromatic carbocycles. The molecule has 2 N–H and O–H groups in total. The van der Waals surface area contributed by atoms with Crippen LogP contribution in [-0.2, 0) is 0 Å². The van der Waals surface area contributed by atoms with Crippen LogP contribution in [0.5, 0.6) is 5.88 Å². The van der Waals surface area contributed by atoms with E-state index in [0.29, 0.717) is 48.9 Å². The van der Waals surface area contributed by atoms with Crippen LogP contribution in [0.3, 0.4) is 0 Å². The van der Waals surface area contributed by atoms with E-state index in [2.05, 4.69) is 20.7 Å². The molecule has 1 aliphatic rings. The van der Waals surface area contributed by atoms with Crippen LogP contribution in [0.2, 0.25) is 0 Å². The molecule has 0 atom stereocenters. The number of amides is 3. The Kier molecular flexibility index (Phi) is 6.29. The van der Waals surface area contributed by atoms with Crippen LogP contribution in [0.1, 0.15) is 29.2 Å². The molecule has 0 bridgehead atoms. The van der Waals surface area contributed by atoms with Gasteiger partial charge in [-0.05, 0) is 43.2 Å². The number of nitrogens with one attached hydrogen (secondary N) is 2. The van der Waals surface area contributed by atoms with Crippen molar-refractivity contribution in [1.29, 1.82) is 0 Å². The first-order chi connectivity index (χ1) is 15.5. The fourth-order valence-corrected chi connectivity index (χ4v) is 3.75. The van der Waals surface area contributed by atoms with Gasteiger partial charge < -0.3 is 15.0 Å². The molecule has 3 amide bonds. The molecule has 3 aromatic rings. The molecule has 9 nitrogen and oxygen atoms in total. The Balaban J connectivity index is 1.37. The Morgan fingerprint density at radius 1 is 1.09 bits per heavy atom. The van der Waals surface area contributed by atoms with Crippen molar-refractivity contribution in [3.8, 4) is 5.88 Å². The number of nitrogens with zero attached hydrogens (tertiary/aromatic N) is 4. The number of halogens is 1. The smallest absolute Gasteiger partial charge is 0.324 e. The Bertz CT molecular complexity index is 1110. The maximum absolute atomic E-state index is 13.3. The van der Waals surface area contributed by atoms with Gasteiger partial charge in [0.15, 0.2) is 0 Å². The van der Waals surface area contributed by atoms with E-state index >= 15 is 0 Å². The van der Waals surface area contributed by atoms with E-state index < -0.39 is 11.8 Å². The second-order valence-electron chi connectivity index (χ2n) is 7.33. The minimum absolute atomic E-state index is 0.0225. The third kappa shape index (κ3) is 4.69. The summed E-state index contributed by atoms with van der Waals surface area (Å²) in [5.74, 6) is 0.278. The summed E-state index contributed by atoms with van der Waals surface area (Å²) in [6, 6.07) is 10.3. The molecule has 2 aromatic heterocycles. The molecule has 0 spiro atoms. The number of anilines is 2. The van der Waals surface area contributed by atoms with E-state index in [1.807, 2.05) is 0 Å². The van der Waals surface area contributed by atoms with Crippen molar-refractivity contribution in [3.05, 3.63) is 66.2 Å². The van der Waals surface area contributed by atoms with Gasteiger partial charge in [-0.2, -0.15) is 5.10 Å². The molecule has 1 saturated heterocycles. The monoisotopic (exact) mass is 438 g/mol. The van der Waals surface area contributed by atoms with E-state index in [0.717, 1.165) is 0 Å². The number of rotatable bonds is 5. The molecule has 166 valence electrons. The average Bonchev–Trinajstić information content (AvgIpc) is 3.26. The zero-order valence-electron chi connectivity index (χ0n) is 17.5. The summed E-state index contributed by atoms with van der Waals surface area (Å²) in [5.41, 5.74) is 0.787. The number of carbonyl (C=O) groups excluding carboxylic acids is 2. The molecule has 1 aliphatic heterocycles. The fraction of sp³-hybridized carbons (Fsp3) is 0.273. The number of benzene rings is 1. The van der Waals surface area contributed by atoms with Gasteiger partial charge in [0.05, 0.1) is 19.3 Å². The van der Waals surface area contributed by atoms with Crippen LogP contribution in [0.25, 0.3) is 0 Å². The van der Waals surface area contributed by atoms with E-state index in [1.54, 1.807) is 46.2 Å². The quantitative estimate of drug-likeness (QED) is 0.634. The van der Waals surface area contributed by atoms with Gasteiger partial charge in [-0.1, -0.05) is 6.07 Å². The molecule has 1 fully saturated rings. The number of pyridine rings is 1. The maximum Gasteiger partial charge on any atom is 0.324 e. The first kappa shape index (κ1) is 21.3. The zero-order chi connectivity index (χ0) is 22.5. The van der Waals surface area contributed by atoms with Gasteiger partial charge >= 0.3 is 6.03 Å². The number of methoxy groups -OCH3 is 1. The maximum atomic E-state index is 13.3. The normalized spacial score (nSPS) is 14.1. The van der Waals surface area contributed by atoms with Crippen LogP contribution in [0.15, 0.2) is 54.9 Å². The Morgan fingerprint density at radius 2 is 1.91 bits per heavy atom. The van der Waals surface area contributed by atoms with Crippen LogP contribution < -0.4 is 15.4 Å². The summed E-state index contributed by atoms with van der Waals surface area (Å²) in [6.07, 6.45) is 4.54. The number of ether oxygens (including phenoxy) is 1. The predicted molar refractivity (Wildman–Crippen MR) is 116 cm³/mol. The highest BCUT2D eigenvalue weighted by molar-refractivity contribution is 5.99. The SMILES string of the molecule is COc1ncccc1C(=O)N1CCC(n2nccc2NC(=O)Nc2cccc(F)c2)CC1. The molecule has 0 saturated carbocycles. The topological polar surface area (TPSA) is 101 Å². The summed E-state index contributed by atoms with van der Waals surface area (Å²) >= 11 is 0. The van der Waals surface area contributed by atoms with Gasteiger partial charge in [-0.15, -0.1) is 0 Å². The van der Waals surface area contributed by atoms with Crippen molar-refractivity contribution in [2.75, 3.05) is 30.8 Å². The molecule has 0 radical (unpaired) electrons. The van der Waals surface area contributed by atoms with Gasteiger partial charge in [0.25, 0.3) is 5.91 Å². The second-order valence-corrected chi connectivity index (χ2v) is 7.33. The van der Waals surface area contributed by atoms with Gasteiger partial charge in [-0.25, -0.2) is 18.9 Å². The van der Waals surface area contributed by atoms with Crippen molar-refractivity contribution in [1.82, 2.24) is 19.7 Å². The number of urea groups is 1. The first-order valence-corrected chi connectivity index (χ1v) is 10.2.